The molecule has 3 nitrogen and oxygen atoms in total. The van der Waals surface area contributed by atoms with Gasteiger partial charge in [-0.2, -0.15) is 0 Å². The summed E-state index contributed by atoms with van der Waals surface area (Å²) in [5.74, 6) is 0.0870. The van der Waals surface area contributed by atoms with Crippen LogP contribution in [-0.2, 0) is 0 Å². The Morgan fingerprint density at radius 1 is 1.12 bits per heavy atom. The van der Waals surface area contributed by atoms with Crippen LogP contribution in [0.1, 0.15) is 19.3 Å². The molecule has 17 heavy (non-hydrogen) atoms. The summed E-state index contributed by atoms with van der Waals surface area (Å²) in [6.45, 7) is 1.29. The molecular formula is C11H19Cl2FN2O. The molecule has 0 saturated heterocycles. The van der Waals surface area contributed by atoms with E-state index in [1.807, 2.05) is 0 Å². The number of rotatable bonds is 6. The molecule has 100 valence electrons. The Hall–Kier alpha value is -0.710. The Morgan fingerprint density at radius 2 is 1.82 bits per heavy atom. The molecule has 1 aromatic carbocycles. The Kier molecular flexibility index (Phi) is 11.5. The normalized spacial score (nSPS) is 9.06. The Labute approximate surface area is 114 Å². The van der Waals surface area contributed by atoms with Crippen LogP contribution in [0.2, 0.25) is 0 Å². The fourth-order valence-corrected chi connectivity index (χ4v) is 1.21. The highest BCUT2D eigenvalue weighted by molar-refractivity contribution is 5.85. The van der Waals surface area contributed by atoms with E-state index in [0.29, 0.717) is 18.9 Å². The van der Waals surface area contributed by atoms with Gasteiger partial charge in [-0.1, -0.05) is 0 Å². The fraction of sp³-hybridized carbons (Fsp3) is 0.455. The molecular weight excluding hydrogens is 266 g/mol. The van der Waals surface area contributed by atoms with Crippen LogP contribution >= 0.6 is 24.8 Å². The van der Waals surface area contributed by atoms with Crippen molar-refractivity contribution in [1.82, 2.24) is 0 Å². The van der Waals surface area contributed by atoms with Gasteiger partial charge in [0.05, 0.1) is 12.3 Å². The Morgan fingerprint density at radius 3 is 2.41 bits per heavy atom. The van der Waals surface area contributed by atoms with Gasteiger partial charge < -0.3 is 16.2 Å². The molecule has 0 unspecified atom stereocenters. The summed E-state index contributed by atoms with van der Waals surface area (Å²) in [4.78, 5) is 0. The molecule has 0 aliphatic carbocycles. The van der Waals surface area contributed by atoms with Crippen molar-refractivity contribution in [2.45, 2.75) is 19.3 Å². The number of hydrogen-bond donors (Lipinski definition) is 2. The van der Waals surface area contributed by atoms with Crippen LogP contribution in [-0.4, -0.2) is 13.2 Å². The lowest BCUT2D eigenvalue weighted by atomic mass is 10.2. The Bertz CT molecular complexity index is 314. The van der Waals surface area contributed by atoms with E-state index in [9.17, 15) is 4.39 Å². The van der Waals surface area contributed by atoms with Gasteiger partial charge in [-0.15, -0.1) is 24.8 Å². The zero-order chi connectivity index (χ0) is 11.1. The number of anilines is 1. The monoisotopic (exact) mass is 284 g/mol. The first kappa shape index (κ1) is 18.6. The van der Waals surface area contributed by atoms with E-state index in [1.54, 1.807) is 6.07 Å². The Balaban J connectivity index is 0. The first-order chi connectivity index (χ1) is 7.24. The van der Waals surface area contributed by atoms with Gasteiger partial charge in [-0.25, -0.2) is 4.39 Å². The minimum Gasteiger partial charge on any atom is -0.493 e. The van der Waals surface area contributed by atoms with Gasteiger partial charge in [0, 0.05) is 6.07 Å². The third kappa shape index (κ3) is 7.26. The second-order valence-electron chi connectivity index (χ2n) is 3.38. The van der Waals surface area contributed by atoms with Crippen molar-refractivity contribution >= 4 is 30.5 Å². The van der Waals surface area contributed by atoms with Crippen molar-refractivity contribution in [2.24, 2.45) is 5.73 Å². The predicted octanol–water partition coefficient (Wildman–Crippen LogP) is 2.76. The minimum absolute atomic E-state index is 0. The molecule has 0 atom stereocenters. The molecule has 6 heteroatoms. The molecule has 1 aromatic rings. The number of halogens is 3. The lowest BCUT2D eigenvalue weighted by Gasteiger charge is -2.06. The standard InChI is InChI=1S/C11H17FN2O.2ClH/c12-10-8-9(4-5-11(10)14)15-7-3-1-2-6-13;;/h4-5,8H,1-3,6-7,13-14H2;2*1H. The molecule has 0 amide bonds. The number of ether oxygens (including phenoxy) is 1. The van der Waals surface area contributed by atoms with Crippen molar-refractivity contribution < 1.29 is 9.13 Å². The highest BCUT2D eigenvalue weighted by atomic mass is 35.5. The van der Waals surface area contributed by atoms with E-state index in [2.05, 4.69) is 0 Å². The lowest BCUT2D eigenvalue weighted by Crippen LogP contribution is -2.02. The third-order valence-electron chi connectivity index (χ3n) is 2.09. The molecule has 1 rings (SSSR count). The summed E-state index contributed by atoms with van der Waals surface area (Å²) >= 11 is 0. The molecule has 0 radical (unpaired) electrons. The number of hydrogen-bond acceptors (Lipinski definition) is 3. The quantitative estimate of drug-likeness (QED) is 0.624. The van der Waals surface area contributed by atoms with Crippen LogP contribution in [0.3, 0.4) is 0 Å². The van der Waals surface area contributed by atoms with Crippen molar-refractivity contribution in [1.29, 1.82) is 0 Å². The van der Waals surface area contributed by atoms with Crippen molar-refractivity contribution in [3.05, 3.63) is 24.0 Å². The van der Waals surface area contributed by atoms with Crippen LogP contribution in [0.15, 0.2) is 18.2 Å². The molecule has 0 heterocycles. The van der Waals surface area contributed by atoms with E-state index in [-0.39, 0.29) is 30.5 Å². The summed E-state index contributed by atoms with van der Waals surface area (Å²) in [5.41, 5.74) is 10.8. The molecule has 0 spiro atoms. The lowest BCUT2D eigenvalue weighted by molar-refractivity contribution is 0.304. The second kappa shape index (κ2) is 10.4. The van der Waals surface area contributed by atoms with Gasteiger partial charge in [-0.3, -0.25) is 0 Å². The summed E-state index contributed by atoms with van der Waals surface area (Å²) < 4.78 is 18.3. The maximum Gasteiger partial charge on any atom is 0.149 e. The zero-order valence-electron chi connectivity index (χ0n) is 9.52. The molecule has 4 N–H and O–H groups in total. The van der Waals surface area contributed by atoms with Crippen LogP contribution in [0.25, 0.3) is 0 Å². The highest BCUT2D eigenvalue weighted by Gasteiger charge is 2.00. The van der Waals surface area contributed by atoms with Crippen molar-refractivity contribution in [3.8, 4) is 5.75 Å². The maximum atomic E-state index is 13.0. The number of nitrogen functional groups attached to an aromatic ring is 1. The second-order valence-corrected chi connectivity index (χ2v) is 3.38. The molecule has 0 aromatic heterocycles. The van der Waals surface area contributed by atoms with E-state index in [1.165, 1.54) is 12.1 Å². The summed E-state index contributed by atoms with van der Waals surface area (Å²) in [5, 5.41) is 0. The SMILES string of the molecule is Cl.Cl.NCCCCCOc1ccc(N)c(F)c1. The van der Waals surface area contributed by atoms with E-state index >= 15 is 0 Å². The van der Waals surface area contributed by atoms with Crippen LogP contribution < -0.4 is 16.2 Å². The maximum absolute atomic E-state index is 13.0. The summed E-state index contributed by atoms with van der Waals surface area (Å²) in [7, 11) is 0. The number of nitrogens with two attached hydrogens (primary N) is 2. The summed E-state index contributed by atoms with van der Waals surface area (Å²) in [6.07, 6.45) is 2.97. The number of benzene rings is 1. The van der Waals surface area contributed by atoms with E-state index in [4.69, 9.17) is 16.2 Å². The number of unbranched alkanes of at least 4 members (excludes halogenated alkanes) is 2. The predicted molar refractivity (Wildman–Crippen MR) is 73.7 cm³/mol. The molecule has 0 fully saturated rings. The molecule has 0 bridgehead atoms. The van der Waals surface area contributed by atoms with Crippen LogP contribution in [0.5, 0.6) is 5.75 Å². The smallest absolute Gasteiger partial charge is 0.149 e. The molecule has 0 saturated carbocycles. The molecule has 0 aliphatic rings. The third-order valence-corrected chi connectivity index (χ3v) is 2.09. The summed E-state index contributed by atoms with van der Waals surface area (Å²) in [6, 6.07) is 4.48. The van der Waals surface area contributed by atoms with Gasteiger partial charge in [0.15, 0.2) is 0 Å². The fourth-order valence-electron chi connectivity index (χ4n) is 1.21. The average molecular weight is 285 g/mol. The zero-order valence-corrected chi connectivity index (χ0v) is 11.2. The first-order valence-corrected chi connectivity index (χ1v) is 5.12. The average Bonchev–Trinajstić information content (AvgIpc) is 2.23. The topological polar surface area (TPSA) is 61.3 Å². The van der Waals surface area contributed by atoms with Crippen molar-refractivity contribution in [3.63, 3.8) is 0 Å². The van der Waals surface area contributed by atoms with Gasteiger partial charge in [0.2, 0.25) is 0 Å². The first-order valence-electron chi connectivity index (χ1n) is 5.12. The van der Waals surface area contributed by atoms with E-state index in [0.717, 1.165) is 19.3 Å². The molecule has 0 aliphatic heterocycles. The van der Waals surface area contributed by atoms with Gasteiger partial charge in [-0.05, 0) is 37.9 Å². The minimum atomic E-state index is -0.436. The van der Waals surface area contributed by atoms with Gasteiger partial charge in [0.1, 0.15) is 11.6 Å². The van der Waals surface area contributed by atoms with Gasteiger partial charge >= 0.3 is 0 Å². The van der Waals surface area contributed by atoms with Crippen LogP contribution in [0, 0.1) is 5.82 Å². The largest absolute Gasteiger partial charge is 0.493 e. The van der Waals surface area contributed by atoms with Crippen molar-refractivity contribution in [2.75, 3.05) is 18.9 Å². The van der Waals surface area contributed by atoms with E-state index < -0.39 is 5.82 Å². The highest BCUT2D eigenvalue weighted by Crippen LogP contribution is 2.18. The van der Waals surface area contributed by atoms with Gasteiger partial charge in [0.25, 0.3) is 0 Å². The van der Waals surface area contributed by atoms with Crippen LogP contribution in [0.4, 0.5) is 10.1 Å².